The first-order valence-corrected chi connectivity index (χ1v) is 8.79. The first kappa shape index (κ1) is 17.3. The van der Waals surface area contributed by atoms with Gasteiger partial charge < -0.3 is 24.9 Å². The van der Waals surface area contributed by atoms with Crippen LogP contribution in [0.2, 0.25) is 5.02 Å². The minimum atomic E-state index is -0.327. The predicted octanol–water partition coefficient (Wildman–Crippen LogP) is 3.60. The zero-order valence-corrected chi connectivity index (χ0v) is 15.4. The normalized spacial score (nSPS) is 15.4. The number of nitrogens with zero attached hydrogens (tertiary/aromatic N) is 3. The molecule has 2 aliphatic rings. The second-order valence-electron chi connectivity index (χ2n) is 6.60. The van der Waals surface area contributed by atoms with Gasteiger partial charge in [0.25, 0.3) is 5.91 Å². The highest BCUT2D eigenvalue weighted by Gasteiger charge is 2.27. The molecule has 1 amide bonds. The molecule has 0 saturated carbocycles. The van der Waals surface area contributed by atoms with Crippen LogP contribution in [0.1, 0.15) is 21.5 Å². The van der Waals surface area contributed by atoms with Crippen molar-refractivity contribution < 1.29 is 15.0 Å². The summed E-state index contributed by atoms with van der Waals surface area (Å²) in [6, 6.07) is 8.47. The molecule has 2 N–H and O–H groups in total. The van der Waals surface area contributed by atoms with Crippen molar-refractivity contribution in [2.24, 2.45) is 0 Å². The minimum absolute atomic E-state index is 0.0313. The highest BCUT2D eigenvalue weighted by molar-refractivity contribution is 6.32. The quantitative estimate of drug-likeness (QED) is 0.829. The number of hydrogen-bond acceptors (Lipinski definition) is 5. The van der Waals surface area contributed by atoms with Crippen LogP contribution in [0.15, 0.2) is 55.1 Å². The lowest BCUT2D eigenvalue weighted by Crippen LogP contribution is -2.25. The van der Waals surface area contributed by atoms with Crippen LogP contribution in [0, 0.1) is 0 Å². The van der Waals surface area contributed by atoms with E-state index in [4.69, 9.17) is 11.6 Å². The molecular formula is C20H18ClN3O3. The molecule has 4 rings (SSSR count). The zero-order valence-electron chi connectivity index (χ0n) is 14.6. The number of fused-ring (bicyclic) bond motifs is 1. The Labute approximate surface area is 161 Å². The first-order chi connectivity index (χ1) is 12.9. The van der Waals surface area contributed by atoms with Crippen LogP contribution in [0.3, 0.4) is 0 Å². The number of aromatic hydroxyl groups is 2. The van der Waals surface area contributed by atoms with Crippen LogP contribution in [0.25, 0.3) is 0 Å². The van der Waals surface area contributed by atoms with Gasteiger partial charge in [-0.15, -0.1) is 0 Å². The number of hydrogen-bond donors (Lipinski definition) is 2. The van der Waals surface area contributed by atoms with Crippen molar-refractivity contribution in [3.8, 4) is 11.5 Å². The van der Waals surface area contributed by atoms with Crippen LogP contribution < -0.4 is 4.90 Å². The molecule has 0 saturated heterocycles. The monoisotopic (exact) mass is 383 g/mol. The molecule has 6 nitrogen and oxygen atoms in total. The topological polar surface area (TPSA) is 67.2 Å². The summed E-state index contributed by atoms with van der Waals surface area (Å²) >= 11 is 5.89. The predicted molar refractivity (Wildman–Crippen MR) is 103 cm³/mol. The van der Waals surface area contributed by atoms with E-state index in [1.807, 2.05) is 53.8 Å². The maximum absolute atomic E-state index is 12.8. The molecule has 7 heteroatoms. The summed E-state index contributed by atoms with van der Waals surface area (Å²) in [5.74, 6) is -0.869. The molecule has 2 heterocycles. The highest BCUT2D eigenvalue weighted by atomic mass is 35.5. The Bertz CT molecular complexity index is 973. The van der Waals surface area contributed by atoms with Crippen LogP contribution in [0.4, 0.5) is 5.69 Å². The SMILES string of the molecule is CN1C=CN(c2ccc3c(c2)CN(C(=O)c2cc(Cl)c(O)cc2O)C3)C=C1. The smallest absolute Gasteiger partial charge is 0.258 e. The number of phenols is 2. The van der Waals surface area contributed by atoms with Crippen molar-refractivity contribution in [1.82, 2.24) is 9.80 Å². The van der Waals surface area contributed by atoms with Gasteiger partial charge in [-0.2, -0.15) is 0 Å². The lowest BCUT2D eigenvalue weighted by molar-refractivity contribution is 0.0748. The molecule has 0 spiro atoms. The van der Waals surface area contributed by atoms with Gasteiger partial charge in [0.05, 0.1) is 10.6 Å². The van der Waals surface area contributed by atoms with E-state index in [2.05, 4.69) is 6.07 Å². The summed E-state index contributed by atoms with van der Waals surface area (Å²) < 4.78 is 0. The molecule has 0 aliphatic carbocycles. The number of benzene rings is 2. The maximum atomic E-state index is 12.8. The number of halogens is 1. The summed E-state index contributed by atoms with van der Waals surface area (Å²) in [6.07, 6.45) is 7.85. The summed E-state index contributed by atoms with van der Waals surface area (Å²) in [4.78, 5) is 18.4. The molecule has 0 radical (unpaired) electrons. The number of rotatable bonds is 2. The fourth-order valence-corrected chi connectivity index (χ4v) is 3.37. The van der Waals surface area contributed by atoms with Crippen molar-refractivity contribution in [2.45, 2.75) is 13.1 Å². The number of carbonyl (C=O) groups excluding carboxylic acids is 1. The lowest BCUT2D eigenvalue weighted by atomic mass is 10.1. The average Bonchev–Trinajstić information content (AvgIpc) is 3.08. The highest BCUT2D eigenvalue weighted by Crippen LogP contribution is 2.34. The largest absolute Gasteiger partial charge is 0.507 e. The van der Waals surface area contributed by atoms with E-state index in [0.29, 0.717) is 13.1 Å². The maximum Gasteiger partial charge on any atom is 0.258 e. The fourth-order valence-electron chi connectivity index (χ4n) is 3.20. The molecule has 2 aromatic rings. The molecule has 0 atom stereocenters. The molecule has 0 aromatic heterocycles. The number of phenolic OH excluding ortho intramolecular Hbond substituents is 2. The van der Waals surface area contributed by atoms with Crippen molar-refractivity contribution in [2.75, 3.05) is 11.9 Å². The van der Waals surface area contributed by atoms with Crippen LogP contribution in [0.5, 0.6) is 11.5 Å². The van der Waals surface area contributed by atoms with Gasteiger partial charge in [0.15, 0.2) is 0 Å². The van der Waals surface area contributed by atoms with Gasteiger partial charge >= 0.3 is 0 Å². The van der Waals surface area contributed by atoms with Crippen LogP contribution >= 0.6 is 11.6 Å². The molecule has 2 aliphatic heterocycles. The van der Waals surface area contributed by atoms with Gasteiger partial charge in [-0.05, 0) is 29.3 Å². The van der Waals surface area contributed by atoms with E-state index in [0.717, 1.165) is 22.9 Å². The summed E-state index contributed by atoms with van der Waals surface area (Å²) in [7, 11) is 1.96. The van der Waals surface area contributed by atoms with Gasteiger partial charge in [-0.3, -0.25) is 4.79 Å². The van der Waals surface area contributed by atoms with E-state index < -0.39 is 0 Å². The van der Waals surface area contributed by atoms with Gasteiger partial charge in [0.2, 0.25) is 0 Å². The first-order valence-electron chi connectivity index (χ1n) is 8.42. The van der Waals surface area contributed by atoms with Crippen molar-refractivity contribution >= 4 is 23.2 Å². The Balaban J connectivity index is 1.56. The van der Waals surface area contributed by atoms with Gasteiger partial charge in [0.1, 0.15) is 11.5 Å². The average molecular weight is 384 g/mol. The molecule has 0 unspecified atom stereocenters. The van der Waals surface area contributed by atoms with Crippen molar-refractivity contribution in [3.05, 3.63) is 76.8 Å². The van der Waals surface area contributed by atoms with Gasteiger partial charge in [-0.25, -0.2) is 0 Å². The number of carbonyl (C=O) groups is 1. The third-order valence-electron chi connectivity index (χ3n) is 4.72. The van der Waals surface area contributed by atoms with E-state index in [1.54, 1.807) is 4.90 Å². The summed E-state index contributed by atoms with van der Waals surface area (Å²) in [5, 5.41) is 19.6. The Morgan fingerprint density at radius 2 is 1.67 bits per heavy atom. The second-order valence-corrected chi connectivity index (χ2v) is 7.01. The summed E-state index contributed by atoms with van der Waals surface area (Å²) in [6.45, 7) is 0.905. The van der Waals surface area contributed by atoms with Crippen molar-refractivity contribution in [3.63, 3.8) is 0 Å². The Morgan fingerprint density at radius 1 is 0.963 bits per heavy atom. The third-order valence-corrected chi connectivity index (χ3v) is 5.02. The van der Waals surface area contributed by atoms with E-state index >= 15 is 0 Å². The van der Waals surface area contributed by atoms with E-state index in [1.165, 1.54) is 6.07 Å². The molecule has 27 heavy (non-hydrogen) atoms. The Hall–Kier alpha value is -3.12. The second kappa shape index (κ2) is 6.55. The van der Waals surface area contributed by atoms with Crippen LogP contribution in [-0.4, -0.2) is 33.0 Å². The molecule has 0 fully saturated rings. The zero-order chi connectivity index (χ0) is 19.1. The molecule has 0 bridgehead atoms. The van der Waals surface area contributed by atoms with Crippen LogP contribution in [-0.2, 0) is 13.1 Å². The summed E-state index contributed by atoms with van der Waals surface area (Å²) in [5.41, 5.74) is 3.22. The Morgan fingerprint density at radius 3 is 2.41 bits per heavy atom. The minimum Gasteiger partial charge on any atom is -0.507 e. The molecule has 2 aromatic carbocycles. The lowest BCUT2D eigenvalue weighted by Gasteiger charge is -2.22. The third kappa shape index (κ3) is 3.19. The van der Waals surface area contributed by atoms with E-state index in [9.17, 15) is 15.0 Å². The number of amides is 1. The van der Waals surface area contributed by atoms with E-state index in [-0.39, 0.29) is 28.0 Å². The number of anilines is 1. The van der Waals surface area contributed by atoms with Gasteiger partial charge in [-0.1, -0.05) is 17.7 Å². The van der Waals surface area contributed by atoms with Crippen molar-refractivity contribution in [1.29, 1.82) is 0 Å². The standard InChI is InChI=1S/C20H18ClN3O3/c1-22-4-6-23(7-5-22)15-3-2-13-11-24(12-14(13)8-15)20(27)16-9-17(21)19(26)10-18(16)25/h2-10,25-26H,11-12H2,1H3. The molecular weight excluding hydrogens is 366 g/mol. The molecule has 138 valence electrons. The fraction of sp³-hybridized carbons (Fsp3) is 0.150. The van der Waals surface area contributed by atoms with Gasteiger partial charge in [0, 0.05) is 56.7 Å². The Kier molecular flexibility index (Phi) is 4.20.